The molecule has 2 aromatic heterocycles. The Hall–Kier alpha value is -3.23. The van der Waals surface area contributed by atoms with Gasteiger partial charge in [0.05, 0.1) is 13.3 Å². The standard InChI is InChI=1S/C29H34FN5OS/c1-28(2)15-20(16-29(3,4)35(28)5)32-26-22(30)17-31-27(34-26)33-19-11-12-23(36-6)21(14-19)25-13-18-9-7-8-10-24(18)37-25/h7-14,17,20H,15-16H2,1-6H3,(H2,31,32,33,34). The van der Waals surface area contributed by atoms with E-state index in [9.17, 15) is 4.39 Å². The molecule has 0 bridgehead atoms. The van der Waals surface area contributed by atoms with Crippen molar-refractivity contribution in [3.63, 3.8) is 0 Å². The molecular formula is C29H34FN5OS. The van der Waals surface area contributed by atoms with Crippen molar-refractivity contribution in [1.29, 1.82) is 0 Å². The van der Waals surface area contributed by atoms with E-state index in [2.05, 4.69) is 78.4 Å². The first-order valence-corrected chi connectivity index (χ1v) is 13.3. The number of benzene rings is 2. The van der Waals surface area contributed by atoms with Gasteiger partial charge in [0.2, 0.25) is 5.95 Å². The number of likely N-dealkylation sites (tertiary alicyclic amines) is 1. The molecule has 0 aliphatic carbocycles. The van der Waals surface area contributed by atoms with Gasteiger partial charge in [-0.2, -0.15) is 4.98 Å². The average molecular weight is 520 g/mol. The van der Waals surface area contributed by atoms with Crippen LogP contribution in [0.4, 0.5) is 21.8 Å². The van der Waals surface area contributed by atoms with Gasteiger partial charge in [-0.05, 0) is 83.3 Å². The second-order valence-corrected chi connectivity index (χ2v) is 12.1. The van der Waals surface area contributed by atoms with E-state index in [0.717, 1.165) is 34.7 Å². The van der Waals surface area contributed by atoms with Crippen LogP contribution in [0.3, 0.4) is 0 Å². The molecular weight excluding hydrogens is 485 g/mol. The summed E-state index contributed by atoms with van der Waals surface area (Å²) in [6.45, 7) is 8.90. The third kappa shape index (κ3) is 5.13. The minimum Gasteiger partial charge on any atom is -0.496 e. The van der Waals surface area contributed by atoms with E-state index in [0.29, 0.717) is 5.95 Å². The fourth-order valence-corrected chi connectivity index (χ4v) is 6.50. The summed E-state index contributed by atoms with van der Waals surface area (Å²) < 4.78 is 21.6. The molecule has 0 amide bonds. The smallest absolute Gasteiger partial charge is 0.229 e. The van der Waals surface area contributed by atoms with Crippen molar-refractivity contribution in [3.8, 4) is 16.2 Å². The summed E-state index contributed by atoms with van der Waals surface area (Å²) in [6, 6.07) is 16.4. The Kier molecular flexibility index (Phi) is 6.58. The molecule has 0 radical (unpaired) electrons. The number of halogens is 1. The lowest BCUT2D eigenvalue weighted by atomic mass is 9.77. The Morgan fingerprint density at radius 3 is 2.49 bits per heavy atom. The van der Waals surface area contributed by atoms with E-state index in [1.807, 2.05) is 30.3 Å². The number of hydrogen-bond acceptors (Lipinski definition) is 7. The molecule has 0 saturated carbocycles. The number of hydrogen-bond donors (Lipinski definition) is 2. The lowest BCUT2D eigenvalue weighted by molar-refractivity contribution is -0.00778. The van der Waals surface area contributed by atoms with Crippen LogP contribution in [0, 0.1) is 5.82 Å². The molecule has 8 heteroatoms. The molecule has 4 aromatic rings. The van der Waals surface area contributed by atoms with Gasteiger partial charge in [0, 0.05) is 37.9 Å². The molecule has 1 saturated heterocycles. The highest BCUT2D eigenvalue weighted by Gasteiger charge is 2.43. The molecule has 37 heavy (non-hydrogen) atoms. The first-order chi connectivity index (χ1) is 17.6. The molecule has 2 aromatic carbocycles. The van der Waals surface area contributed by atoms with Crippen molar-refractivity contribution >= 4 is 38.9 Å². The highest BCUT2D eigenvalue weighted by molar-refractivity contribution is 7.22. The minimum atomic E-state index is -0.458. The monoisotopic (exact) mass is 519 g/mol. The summed E-state index contributed by atoms with van der Waals surface area (Å²) in [7, 11) is 3.83. The van der Waals surface area contributed by atoms with Crippen molar-refractivity contribution in [2.24, 2.45) is 0 Å². The minimum absolute atomic E-state index is 0.0178. The molecule has 6 nitrogen and oxygen atoms in total. The first kappa shape index (κ1) is 25.4. The molecule has 0 spiro atoms. The van der Waals surface area contributed by atoms with Gasteiger partial charge in [0.25, 0.3) is 0 Å². The van der Waals surface area contributed by atoms with Crippen LogP contribution in [0.2, 0.25) is 0 Å². The number of thiophene rings is 1. The normalized spacial score (nSPS) is 17.6. The van der Waals surface area contributed by atoms with Gasteiger partial charge in [0.1, 0.15) is 5.75 Å². The quantitative estimate of drug-likeness (QED) is 0.278. The van der Waals surface area contributed by atoms with Gasteiger partial charge < -0.3 is 15.4 Å². The van der Waals surface area contributed by atoms with E-state index >= 15 is 0 Å². The summed E-state index contributed by atoms with van der Waals surface area (Å²) in [5.41, 5.74) is 1.74. The Bertz CT molecular complexity index is 1380. The molecule has 2 N–H and O–H groups in total. The maximum Gasteiger partial charge on any atom is 0.229 e. The fourth-order valence-electron chi connectivity index (χ4n) is 5.42. The zero-order chi connectivity index (χ0) is 26.4. The van der Waals surface area contributed by atoms with Gasteiger partial charge in [-0.1, -0.05) is 18.2 Å². The molecule has 5 rings (SSSR count). The van der Waals surface area contributed by atoms with Crippen LogP contribution in [-0.4, -0.2) is 46.1 Å². The molecule has 194 valence electrons. The third-order valence-electron chi connectivity index (χ3n) is 7.54. The van der Waals surface area contributed by atoms with Crippen molar-refractivity contribution in [1.82, 2.24) is 14.9 Å². The van der Waals surface area contributed by atoms with E-state index < -0.39 is 5.82 Å². The van der Waals surface area contributed by atoms with Gasteiger partial charge in [0.15, 0.2) is 11.6 Å². The lowest BCUT2D eigenvalue weighted by Crippen LogP contribution is -2.61. The highest BCUT2D eigenvalue weighted by atomic mass is 32.1. The topological polar surface area (TPSA) is 62.3 Å². The molecule has 0 atom stereocenters. The van der Waals surface area contributed by atoms with Gasteiger partial charge in [-0.3, -0.25) is 4.90 Å². The largest absolute Gasteiger partial charge is 0.496 e. The van der Waals surface area contributed by atoms with E-state index in [1.54, 1.807) is 18.4 Å². The van der Waals surface area contributed by atoms with Crippen molar-refractivity contribution in [2.45, 2.75) is 57.7 Å². The predicted molar refractivity (Wildman–Crippen MR) is 152 cm³/mol. The second kappa shape index (κ2) is 9.58. The maximum absolute atomic E-state index is 14.8. The number of fused-ring (bicyclic) bond motifs is 1. The Morgan fingerprint density at radius 2 is 1.78 bits per heavy atom. The van der Waals surface area contributed by atoms with Crippen LogP contribution in [0.15, 0.2) is 54.7 Å². The maximum atomic E-state index is 14.8. The number of ether oxygens (including phenoxy) is 1. The zero-order valence-electron chi connectivity index (χ0n) is 22.2. The predicted octanol–water partition coefficient (Wildman–Crippen LogP) is 7.31. The van der Waals surface area contributed by atoms with Crippen molar-refractivity contribution in [3.05, 3.63) is 60.5 Å². The summed E-state index contributed by atoms with van der Waals surface area (Å²) in [6.07, 6.45) is 2.99. The Morgan fingerprint density at radius 1 is 1.05 bits per heavy atom. The number of rotatable bonds is 6. The first-order valence-electron chi connectivity index (χ1n) is 12.5. The third-order valence-corrected chi connectivity index (χ3v) is 8.69. The van der Waals surface area contributed by atoms with E-state index in [4.69, 9.17) is 4.74 Å². The number of nitrogens with one attached hydrogen (secondary N) is 2. The average Bonchev–Trinajstić information content (AvgIpc) is 3.28. The highest BCUT2D eigenvalue weighted by Crippen LogP contribution is 2.40. The van der Waals surface area contributed by atoms with Crippen LogP contribution in [0.25, 0.3) is 20.5 Å². The number of piperidine rings is 1. The summed E-state index contributed by atoms with van der Waals surface area (Å²) in [5, 5.41) is 7.82. The number of anilines is 3. The van der Waals surface area contributed by atoms with Gasteiger partial charge in [-0.15, -0.1) is 11.3 Å². The van der Waals surface area contributed by atoms with Gasteiger partial charge in [-0.25, -0.2) is 9.37 Å². The van der Waals surface area contributed by atoms with Crippen LogP contribution >= 0.6 is 11.3 Å². The Balaban J connectivity index is 1.40. The van der Waals surface area contributed by atoms with Crippen molar-refractivity contribution < 1.29 is 9.13 Å². The zero-order valence-corrected chi connectivity index (χ0v) is 23.0. The number of nitrogens with zero attached hydrogens (tertiary/aromatic N) is 3. The summed E-state index contributed by atoms with van der Waals surface area (Å²) in [5.74, 6) is 0.882. The molecule has 3 heterocycles. The SMILES string of the molecule is COc1ccc(Nc2ncc(F)c(NC3CC(C)(C)N(C)C(C)(C)C3)n2)cc1-c1cc2ccccc2s1. The molecule has 1 aliphatic rings. The number of methoxy groups -OCH3 is 1. The van der Waals surface area contributed by atoms with Crippen molar-refractivity contribution in [2.75, 3.05) is 24.8 Å². The van der Waals surface area contributed by atoms with Crippen LogP contribution in [-0.2, 0) is 0 Å². The molecule has 1 fully saturated rings. The molecule has 0 unspecified atom stereocenters. The fraction of sp³-hybridized carbons (Fsp3) is 0.379. The van der Waals surface area contributed by atoms with Crippen LogP contribution in [0.5, 0.6) is 5.75 Å². The second-order valence-electron chi connectivity index (χ2n) is 11.0. The summed E-state index contributed by atoms with van der Waals surface area (Å²) in [4.78, 5) is 12.2. The summed E-state index contributed by atoms with van der Waals surface area (Å²) >= 11 is 1.72. The Labute approximate surface area is 221 Å². The molecule has 1 aliphatic heterocycles. The van der Waals surface area contributed by atoms with Gasteiger partial charge >= 0.3 is 0 Å². The van der Waals surface area contributed by atoms with Crippen LogP contribution < -0.4 is 15.4 Å². The van der Waals surface area contributed by atoms with E-state index in [-0.39, 0.29) is 22.9 Å². The van der Waals surface area contributed by atoms with Crippen LogP contribution in [0.1, 0.15) is 40.5 Å². The number of aromatic nitrogens is 2. The van der Waals surface area contributed by atoms with E-state index in [1.165, 1.54) is 16.3 Å². The lowest BCUT2D eigenvalue weighted by Gasteiger charge is -2.53.